The fraction of sp³-hybridized carbons (Fsp3) is 0.0417. The maximum atomic E-state index is 13.4. The van der Waals surface area contributed by atoms with Crippen LogP contribution < -0.4 is 11.0 Å². The Hall–Kier alpha value is -4.17. The summed E-state index contributed by atoms with van der Waals surface area (Å²) in [5.41, 5.74) is 2.45. The Bertz CT molecular complexity index is 1410. The summed E-state index contributed by atoms with van der Waals surface area (Å²) in [6.07, 6.45) is 1.57. The van der Waals surface area contributed by atoms with Gasteiger partial charge < -0.3 is 20.0 Å². The molecule has 4 aromatic rings. The first kappa shape index (κ1) is 22.0. The second-order valence-electron chi connectivity index (χ2n) is 7.08. The van der Waals surface area contributed by atoms with E-state index in [1.807, 2.05) is 0 Å². The van der Waals surface area contributed by atoms with E-state index < -0.39 is 24.3 Å². The molecule has 3 N–H and O–H groups in total. The lowest BCUT2D eigenvalue weighted by molar-refractivity contribution is -0.141. The molecule has 0 unspecified atom stereocenters. The number of imidazole rings is 1. The molecule has 0 aliphatic carbocycles. The first-order chi connectivity index (χ1) is 15.9. The number of aromatic nitrogens is 2. The minimum absolute atomic E-state index is 0.149. The van der Waals surface area contributed by atoms with Gasteiger partial charge in [0.25, 0.3) is 5.91 Å². The molecule has 0 saturated carbocycles. The van der Waals surface area contributed by atoms with Crippen LogP contribution in [0.25, 0.3) is 22.7 Å². The normalized spacial score (nSPS) is 11.4. The van der Waals surface area contributed by atoms with E-state index in [-0.39, 0.29) is 11.3 Å². The highest BCUT2D eigenvalue weighted by Gasteiger charge is 2.16. The number of carbonyl (C=O) groups is 2. The first-order valence-electron chi connectivity index (χ1n) is 9.79. The van der Waals surface area contributed by atoms with E-state index in [2.05, 4.69) is 15.3 Å². The number of H-pyrrole nitrogens is 2. The molecule has 9 heteroatoms. The first-order valence-corrected chi connectivity index (χ1v) is 10.2. The Kier molecular flexibility index (Phi) is 6.37. The molecular formula is C24H17ClFN3O4. The van der Waals surface area contributed by atoms with E-state index in [4.69, 9.17) is 16.3 Å². The van der Waals surface area contributed by atoms with Crippen molar-refractivity contribution >= 4 is 51.8 Å². The molecule has 0 aliphatic heterocycles. The second-order valence-corrected chi connectivity index (χ2v) is 7.52. The van der Waals surface area contributed by atoms with E-state index in [9.17, 15) is 18.8 Å². The van der Waals surface area contributed by atoms with Crippen LogP contribution in [0.4, 0.5) is 10.1 Å². The van der Waals surface area contributed by atoms with Crippen LogP contribution in [0.5, 0.6) is 0 Å². The summed E-state index contributed by atoms with van der Waals surface area (Å²) in [5.74, 6) is -1.76. The lowest BCUT2D eigenvalue weighted by Crippen LogP contribution is -2.21. The van der Waals surface area contributed by atoms with Crippen molar-refractivity contribution in [3.63, 3.8) is 0 Å². The van der Waals surface area contributed by atoms with Gasteiger partial charge in [0, 0.05) is 10.7 Å². The highest BCUT2D eigenvalue weighted by molar-refractivity contribution is 6.30. The summed E-state index contributed by atoms with van der Waals surface area (Å²) >= 11 is 5.91. The predicted molar refractivity (Wildman–Crippen MR) is 124 cm³/mol. The summed E-state index contributed by atoms with van der Waals surface area (Å²) < 4.78 is 18.6. The quantitative estimate of drug-likeness (QED) is 0.223. The Morgan fingerprint density at radius 1 is 0.970 bits per heavy atom. The maximum absolute atomic E-state index is 13.4. The number of carbonyl (C=O) groups excluding carboxylic acids is 2. The molecule has 4 rings (SSSR count). The molecule has 0 radical (unpaired) electrons. The van der Waals surface area contributed by atoms with Crippen LogP contribution in [0.3, 0.4) is 0 Å². The summed E-state index contributed by atoms with van der Waals surface area (Å²) in [6.45, 7) is -0.542. The minimum atomic E-state index is -0.753. The van der Waals surface area contributed by atoms with Crippen molar-refractivity contribution in [1.82, 2.24) is 9.97 Å². The van der Waals surface area contributed by atoms with Crippen molar-refractivity contribution in [3.8, 4) is 0 Å². The van der Waals surface area contributed by atoms with Gasteiger partial charge >= 0.3 is 11.7 Å². The van der Waals surface area contributed by atoms with Crippen LogP contribution in [0.15, 0.2) is 71.5 Å². The highest BCUT2D eigenvalue weighted by atomic mass is 35.5. The van der Waals surface area contributed by atoms with Gasteiger partial charge in [0.05, 0.1) is 16.6 Å². The van der Waals surface area contributed by atoms with Gasteiger partial charge in [-0.15, -0.1) is 0 Å². The van der Waals surface area contributed by atoms with Crippen LogP contribution in [0, 0.1) is 5.82 Å². The number of ether oxygens (including phenoxy) is 1. The molecule has 1 heterocycles. The number of benzene rings is 3. The number of nitrogens with one attached hydrogen (secondary N) is 3. The molecule has 0 atom stereocenters. The number of amides is 1. The SMILES string of the molecule is O=C(COC(=O)/C(=C\c1ccc(Cl)cc1)c1ccc(F)cc1)Nc1ccc2[nH]c(=O)[nH]c2c1. The Morgan fingerprint density at radius 3 is 2.39 bits per heavy atom. The average molecular weight is 466 g/mol. The standard InChI is InChI=1S/C24H17ClFN3O4/c25-16-5-1-14(2-6-16)11-19(15-3-7-17(26)8-4-15)23(31)33-13-22(30)27-18-9-10-20-21(12-18)29-24(32)28-20/h1-12H,13H2,(H,27,30)(H2,28,29,32)/b19-11-. The third-order valence-corrected chi connectivity index (χ3v) is 4.94. The molecule has 33 heavy (non-hydrogen) atoms. The number of hydrogen-bond donors (Lipinski definition) is 3. The van der Waals surface area contributed by atoms with Gasteiger partial charge in [-0.1, -0.05) is 35.9 Å². The van der Waals surface area contributed by atoms with Crippen LogP contribution in [-0.2, 0) is 14.3 Å². The summed E-state index contributed by atoms with van der Waals surface area (Å²) in [7, 11) is 0. The van der Waals surface area contributed by atoms with Gasteiger partial charge in [0.15, 0.2) is 6.61 Å². The topological polar surface area (TPSA) is 104 Å². The van der Waals surface area contributed by atoms with E-state index in [0.29, 0.717) is 32.9 Å². The zero-order valence-electron chi connectivity index (χ0n) is 17.0. The predicted octanol–water partition coefficient (Wildman–Crippen LogP) is 4.37. The summed E-state index contributed by atoms with van der Waals surface area (Å²) in [5, 5.41) is 3.14. The van der Waals surface area contributed by atoms with Gasteiger partial charge in [0.1, 0.15) is 5.82 Å². The summed E-state index contributed by atoms with van der Waals surface area (Å²) in [6, 6.07) is 17.0. The largest absolute Gasteiger partial charge is 0.452 e. The van der Waals surface area contributed by atoms with Gasteiger partial charge in [-0.2, -0.15) is 0 Å². The molecule has 0 fully saturated rings. The maximum Gasteiger partial charge on any atom is 0.339 e. The van der Waals surface area contributed by atoms with Crippen molar-refractivity contribution in [3.05, 3.63) is 99.2 Å². The van der Waals surface area contributed by atoms with Gasteiger partial charge in [-0.25, -0.2) is 14.0 Å². The second kappa shape index (κ2) is 9.54. The lowest BCUT2D eigenvalue weighted by atomic mass is 10.0. The number of anilines is 1. The molecule has 3 aromatic carbocycles. The zero-order valence-corrected chi connectivity index (χ0v) is 17.8. The van der Waals surface area contributed by atoms with E-state index >= 15 is 0 Å². The number of fused-ring (bicyclic) bond motifs is 1. The number of aromatic amines is 2. The van der Waals surface area contributed by atoms with Gasteiger partial charge in [-0.05, 0) is 59.7 Å². The molecule has 166 valence electrons. The van der Waals surface area contributed by atoms with Crippen LogP contribution in [0.1, 0.15) is 11.1 Å². The van der Waals surface area contributed by atoms with Crippen molar-refractivity contribution in [2.24, 2.45) is 0 Å². The number of esters is 1. The Labute approximate surface area is 191 Å². The van der Waals surface area contributed by atoms with Crippen LogP contribution >= 0.6 is 11.6 Å². The summed E-state index contributed by atoms with van der Waals surface area (Å²) in [4.78, 5) is 41.7. The van der Waals surface area contributed by atoms with Crippen molar-refractivity contribution in [2.45, 2.75) is 0 Å². The van der Waals surface area contributed by atoms with Crippen molar-refractivity contribution < 1.29 is 18.7 Å². The molecule has 0 saturated heterocycles. The number of hydrogen-bond acceptors (Lipinski definition) is 4. The van der Waals surface area contributed by atoms with Crippen molar-refractivity contribution in [2.75, 3.05) is 11.9 Å². The fourth-order valence-corrected chi connectivity index (χ4v) is 3.26. The van der Waals surface area contributed by atoms with Crippen LogP contribution in [0.2, 0.25) is 5.02 Å². The third-order valence-electron chi connectivity index (χ3n) is 4.69. The molecule has 0 spiro atoms. The smallest absolute Gasteiger partial charge is 0.339 e. The molecule has 1 amide bonds. The molecular weight excluding hydrogens is 449 g/mol. The monoisotopic (exact) mass is 465 g/mol. The third kappa shape index (κ3) is 5.55. The number of rotatable bonds is 6. The molecule has 0 bridgehead atoms. The van der Waals surface area contributed by atoms with Crippen LogP contribution in [-0.4, -0.2) is 28.5 Å². The molecule has 0 aliphatic rings. The lowest BCUT2D eigenvalue weighted by Gasteiger charge is -2.10. The number of halogens is 2. The molecule has 7 nitrogen and oxygen atoms in total. The van der Waals surface area contributed by atoms with E-state index in [1.165, 1.54) is 24.3 Å². The Balaban J connectivity index is 1.48. The van der Waals surface area contributed by atoms with Gasteiger partial charge in [-0.3, -0.25) is 4.79 Å². The average Bonchev–Trinajstić information content (AvgIpc) is 3.17. The fourth-order valence-electron chi connectivity index (χ4n) is 3.13. The minimum Gasteiger partial charge on any atom is -0.452 e. The van der Waals surface area contributed by atoms with E-state index in [0.717, 1.165) is 0 Å². The highest BCUT2D eigenvalue weighted by Crippen LogP contribution is 2.22. The van der Waals surface area contributed by atoms with E-state index in [1.54, 1.807) is 48.5 Å². The van der Waals surface area contributed by atoms with Crippen molar-refractivity contribution in [1.29, 1.82) is 0 Å². The van der Waals surface area contributed by atoms with Gasteiger partial charge in [0.2, 0.25) is 0 Å². The zero-order chi connectivity index (χ0) is 23.4. The Morgan fingerprint density at radius 2 is 1.67 bits per heavy atom. The molecule has 1 aromatic heterocycles.